The number of hydrogen-bond acceptors (Lipinski definition) is 2. The molecule has 1 rings (SSSR count). The standard InChI is InChI=1S/C10H10ClF3O2/c1-16-8-4-6(2-3-7(8)11)5-9(15)10(12,13)14/h2-4,9,15H,5H2,1H3. The van der Waals surface area contributed by atoms with E-state index in [-0.39, 0.29) is 5.75 Å². The lowest BCUT2D eigenvalue weighted by Gasteiger charge is -2.15. The molecule has 0 aliphatic carbocycles. The van der Waals surface area contributed by atoms with Crippen LogP contribution in [0.25, 0.3) is 0 Å². The molecule has 0 spiro atoms. The summed E-state index contributed by atoms with van der Waals surface area (Å²) in [5, 5.41) is 9.19. The summed E-state index contributed by atoms with van der Waals surface area (Å²) >= 11 is 5.71. The fraction of sp³-hybridized carbons (Fsp3) is 0.400. The Hall–Kier alpha value is -0.940. The average molecular weight is 255 g/mol. The molecule has 2 nitrogen and oxygen atoms in total. The van der Waals surface area contributed by atoms with E-state index in [9.17, 15) is 13.2 Å². The lowest BCUT2D eigenvalue weighted by atomic mass is 10.1. The van der Waals surface area contributed by atoms with Gasteiger partial charge in [0.1, 0.15) is 5.75 Å². The first-order chi connectivity index (χ1) is 7.34. The quantitative estimate of drug-likeness (QED) is 0.899. The van der Waals surface area contributed by atoms with Crippen LogP contribution in [-0.2, 0) is 6.42 Å². The molecule has 0 fully saturated rings. The van der Waals surface area contributed by atoms with Gasteiger partial charge in [-0.05, 0) is 17.7 Å². The summed E-state index contributed by atoms with van der Waals surface area (Å²) in [4.78, 5) is 0. The van der Waals surface area contributed by atoms with Gasteiger partial charge in [0.15, 0.2) is 6.10 Å². The normalized spacial score (nSPS) is 13.6. The van der Waals surface area contributed by atoms with Crippen LogP contribution in [-0.4, -0.2) is 24.5 Å². The summed E-state index contributed by atoms with van der Waals surface area (Å²) in [6, 6.07) is 4.22. The van der Waals surface area contributed by atoms with Crippen LogP contribution in [0.5, 0.6) is 5.75 Å². The Morgan fingerprint density at radius 2 is 2.06 bits per heavy atom. The number of aliphatic hydroxyl groups excluding tert-OH is 1. The summed E-state index contributed by atoms with van der Waals surface area (Å²) in [6.07, 6.45) is -7.51. The zero-order valence-electron chi connectivity index (χ0n) is 8.38. The van der Waals surface area contributed by atoms with E-state index in [0.717, 1.165) is 0 Å². The summed E-state index contributed by atoms with van der Waals surface area (Å²) in [5.41, 5.74) is 0.311. The molecular formula is C10H10ClF3O2. The highest BCUT2D eigenvalue weighted by Crippen LogP contribution is 2.28. The molecule has 0 radical (unpaired) electrons. The SMILES string of the molecule is COc1cc(CC(O)C(F)(F)F)ccc1Cl. The largest absolute Gasteiger partial charge is 0.495 e. The second-order valence-corrected chi connectivity index (χ2v) is 3.64. The van der Waals surface area contributed by atoms with Gasteiger partial charge in [0.05, 0.1) is 12.1 Å². The molecule has 90 valence electrons. The van der Waals surface area contributed by atoms with Crippen LogP contribution in [0.3, 0.4) is 0 Å². The minimum atomic E-state index is -4.62. The van der Waals surface area contributed by atoms with Crippen LogP contribution in [0.1, 0.15) is 5.56 Å². The van der Waals surface area contributed by atoms with Gasteiger partial charge in [0.25, 0.3) is 0 Å². The second kappa shape index (κ2) is 4.93. The predicted molar refractivity (Wildman–Crippen MR) is 53.8 cm³/mol. The summed E-state index contributed by atoms with van der Waals surface area (Å²) in [7, 11) is 1.37. The van der Waals surface area contributed by atoms with E-state index < -0.39 is 18.7 Å². The zero-order valence-corrected chi connectivity index (χ0v) is 9.14. The van der Waals surface area contributed by atoms with Gasteiger partial charge in [0, 0.05) is 6.42 Å². The van der Waals surface area contributed by atoms with Crippen molar-refractivity contribution < 1.29 is 23.0 Å². The van der Waals surface area contributed by atoms with Gasteiger partial charge in [-0.15, -0.1) is 0 Å². The van der Waals surface area contributed by atoms with Crippen molar-refractivity contribution in [3.05, 3.63) is 28.8 Å². The molecule has 0 bridgehead atoms. The highest BCUT2D eigenvalue weighted by atomic mass is 35.5. The fourth-order valence-electron chi connectivity index (χ4n) is 1.17. The third-order valence-electron chi connectivity index (χ3n) is 2.02. The third kappa shape index (κ3) is 3.28. The van der Waals surface area contributed by atoms with E-state index >= 15 is 0 Å². The number of benzene rings is 1. The van der Waals surface area contributed by atoms with Crippen LogP contribution < -0.4 is 4.74 Å². The van der Waals surface area contributed by atoms with Crippen LogP contribution in [0.2, 0.25) is 5.02 Å². The maximum Gasteiger partial charge on any atom is 0.414 e. The highest BCUT2D eigenvalue weighted by molar-refractivity contribution is 6.32. The smallest absolute Gasteiger partial charge is 0.414 e. The molecule has 0 saturated heterocycles. The van der Waals surface area contributed by atoms with Gasteiger partial charge in [-0.25, -0.2) is 0 Å². The molecule has 0 amide bonds. The minimum Gasteiger partial charge on any atom is -0.495 e. The van der Waals surface area contributed by atoms with E-state index in [2.05, 4.69) is 0 Å². The van der Waals surface area contributed by atoms with E-state index in [1.165, 1.54) is 25.3 Å². The molecule has 1 aromatic rings. The Bertz CT molecular complexity index is 366. The van der Waals surface area contributed by atoms with E-state index in [1.807, 2.05) is 0 Å². The minimum absolute atomic E-state index is 0.286. The number of halogens is 4. The van der Waals surface area contributed by atoms with Crippen LogP contribution in [0.4, 0.5) is 13.2 Å². The first-order valence-electron chi connectivity index (χ1n) is 4.42. The third-order valence-corrected chi connectivity index (χ3v) is 2.33. The molecule has 0 saturated carbocycles. The van der Waals surface area contributed by atoms with E-state index in [1.54, 1.807) is 0 Å². The maximum atomic E-state index is 12.1. The molecule has 1 unspecified atom stereocenters. The fourth-order valence-corrected chi connectivity index (χ4v) is 1.36. The number of rotatable bonds is 3. The summed E-state index contributed by atoms with van der Waals surface area (Å²) < 4.78 is 41.1. The first-order valence-corrected chi connectivity index (χ1v) is 4.79. The molecule has 0 aliphatic heterocycles. The van der Waals surface area contributed by atoms with Crippen molar-refractivity contribution in [2.24, 2.45) is 0 Å². The Kier molecular flexibility index (Phi) is 4.04. The topological polar surface area (TPSA) is 29.5 Å². The molecule has 0 heterocycles. The number of methoxy groups -OCH3 is 1. The molecule has 0 aliphatic rings. The summed E-state index contributed by atoms with van der Waals surface area (Å²) in [6.45, 7) is 0. The number of aliphatic hydroxyl groups is 1. The van der Waals surface area contributed by atoms with Crippen molar-refractivity contribution in [2.75, 3.05) is 7.11 Å². The van der Waals surface area contributed by atoms with Crippen molar-refractivity contribution in [3.8, 4) is 5.75 Å². The lowest BCUT2D eigenvalue weighted by Crippen LogP contribution is -2.30. The monoisotopic (exact) mass is 254 g/mol. The first kappa shape index (κ1) is 13.1. The van der Waals surface area contributed by atoms with Gasteiger partial charge in [-0.1, -0.05) is 17.7 Å². The molecular weight excluding hydrogens is 245 g/mol. The molecule has 1 N–H and O–H groups in total. The Morgan fingerprint density at radius 1 is 1.44 bits per heavy atom. The Balaban J connectivity index is 2.82. The average Bonchev–Trinajstić information content (AvgIpc) is 2.19. The number of ether oxygens (including phenoxy) is 1. The molecule has 1 atom stereocenters. The lowest BCUT2D eigenvalue weighted by molar-refractivity contribution is -0.203. The summed E-state index contributed by atoms with van der Waals surface area (Å²) in [5.74, 6) is 0.286. The van der Waals surface area contributed by atoms with Crippen molar-refractivity contribution in [1.29, 1.82) is 0 Å². The number of hydrogen-bond donors (Lipinski definition) is 1. The van der Waals surface area contributed by atoms with Crippen molar-refractivity contribution in [3.63, 3.8) is 0 Å². The van der Waals surface area contributed by atoms with Gasteiger partial charge >= 0.3 is 6.18 Å². The number of alkyl halides is 3. The van der Waals surface area contributed by atoms with Crippen LogP contribution in [0, 0.1) is 0 Å². The molecule has 6 heteroatoms. The van der Waals surface area contributed by atoms with Crippen molar-refractivity contribution in [1.82, 2.24) is 0 Å². The van der Waals surface area contributed by atoms with Gasteiger partial charge in [-0.3, -0.25) is 0 Å². The highest BCUT2D eigenvalue weighted by Gasteiger charge is 2.38. The van der Waals surface area contributed by atoms with Crippen molar-refractivity contribution in [2.45, 2.75) is 18.7 Å². The van der Waals surface area contributed by atoms with Crippen molar-refractivity contribution >= 4 is 11.6 Å². The predicted octanol–water partition coefficient (Wildman–Crippen LogP) is 2.81. The molecule has 1 aromatic carbocycles. The van der Waals surface area contributed by atoms with E-state index in [4.69, 9.17) is 21.4 Å². The zero-order chi connectivity index (χ0) is 12.3. The van der Waals surface area contributed by atoms with E-state index in [0.29, 0.717) is 10.6 Å². The maximum absolute atomic E-state index is 12.1. The molecule has 0 aromatic heterocycles. The Labute approximate surface area is 95.6 Å². The van der Waals surface area contributed by atoms with Crippen LogP contribution >= 0.6 is 11.6 Å². The second-order valence-electron chi connectivity index (χ2n) is 3.23. The van der Waals surface area contributed by atoms with Crippen LogP contribution in [0.15, 0.2) is 18.2 Å². The van der Waals surface area contributed by atoms with Gasteiger partial charge in [0.2, 0.25) is 0 Å². The van der Waals surface area contributed by atoms with Gasteiger partial charge in [-0.2, -0.15) is 13.2 Å². The van der Waals surface area contributed by atoms with Gasteiger partial charge < -0.3 is 9.84 Å². The Morgan fingerprint density at radius 3 is 2.56 bits per heavy atom. The molecule has 16 heavy (non-hydrogen) atoms.